The van der Waals surface area contributed by atoms with Crippen LogP contribution in [0.2, 0.25) is 0 Å². The zero-order valence-electron chi connectivity index (χ0n) is 16.6. The predicted octanol–water partition coefficient (Wildman–Crippen LogP) is 3.73. The van der Waals surface area contributed by atoms with E-state index in [4.69, 9.17) is 9.47 Å². The Morgan fingerprint density at radius 1 is 0.929 bits per heavy atom. The van der Waals surface area contributed by atoms with Crippen molar-refractivity contribution in [1.29, 1.82) is 0 Å². The molecule has 0 aliphatic rings. The minimum Gasteiger partial charge on any atom is -0.494 e. The number of amides is 2. The van der Waals surface area contributed by atoms with Gasteiger partial charge >= 0.3 is 0 Å². The smallest absolute Gasteiger partial charge is 0.279 e. The third-order valence-electron chi connectivity index (χ3n) is 4.06. The van der Waals surface area contributed by atoms with E-state index in [0.29, 0.717) is 36.0 Å². The molecule has 0 aliphatic carbocycles. The molecule has 0 saturated heterocycles. The summed E-state index contributed by atoms with van der Waals surface area (Å²) in [5.74, 6) is 1.07. The quantitative estimate of drug-likeness (QED) is 0.646. The lowest BCUT2D eigenvalue weighted by Gasteiger charge is -2.17. The molecular weight excluding hydrogens is 356 g/mol. The summed E-state index contributed by atoms with van der Waals surface area (Å²) < 4.78 is 11.3. The Labute approximate surface area is 166 Å². The Morgan fingerprint density at radius 2 is 1.61 bits per heavy atom. The van der Waals surface area contributed by atoms with Crippen LogP contribution in [0, 0.1) is 5.92 Å². The van der Waals surface area contributed by atoms with Crippen LogP contribution < -0.4 is 20.3 Å². The normalized spacial score (nSPS) is 11.6. The number of para-hydroxylation sites is 1. The molecular formula is C22H28N2O4. The molecule has 2 amide bonds. The van der Waals surface area contributed by atoms with Crippen molar-refractivity contribution in [3.63, 3.8) is 0 Å². The number of ether oxygens (including phenoxy) is 2. The standard InChI is InChI=1S/C22H28N2O4/c1-4-20(28-19-8-6-5-7-9-19)22(26)24-23-21(25)17-10-12-18(13-11-17)27-15-14-16(2)3/h5-13,16,20H,4,14-15H2,1-3H3,(H,23,25)(H,24,26). The van der Waals surface area contributed by atoms with Crippen LogP contribution in [0.5, 0.6) is 11.5 Å². The summed E-state index contributed by atoms with van der Waals surface area (Å²) >= 11 is 0. The lowest BCUT2D eigenvalue weighted by Crippen LogP contribution is -2.47. The van der Waals surface area contributed by atoms with E-state index in [2.05, 4.69) is 24.7 Å². The van der Waals surface area contributed by atoms with Crippen molar-refractivity contribution < 1.29 is 19.1 Å². The molecule has 0 bridgehead atoms. The second-order valence-corrected chi connectivity index (χ2v) is 6.83. The Morgan fingerprint density at radius 3 is 2.21 bits per heavy atom. The lowest BCUT2D eigenvalue weighted by atomic mass is 10.1. The van der Waals surface area contributed by atoms with E-state index < -0.39 is 17.9 Å². The molecule has 0 saturated carbocycles. The van der Waals surface area contributed by atoms with E-state index in [1.165, 1.54) is 0 Å². The number of nitrogens with one attached hydrogen (secondary N) is 2. The first-order valence-corrected chi connectivity index (χ1v) is 9.54. The number of carbonyl (C=O) groups is 2. The fourth-order valence-electron chi connectivity index (χ4n) is 2.37. The first-order chi connectivity index (χ1) is 13.5. The van der Waals surface area contributed by atoms with E-state index in [1.54, 1.807) is 36.4 Å². The van der Waals surface area contributed by atoms with Crippen LogP contribution in [0.4, 0.5) is 0 Å². The first kappa shape index (κ1) is 21.3. The van der Waals surface area contributed by atoms with Gasteiger partial charge in [-0.25, -0.2) is 0 Å². The van der Waals surface area contributed by atoms with Crippen LogP contribution in [-0.2, 0) is 4.79 Å². The molecule has 0 heterocycles. The minimum absolute atomic E-state index is 0.406. The maximum Gasteiger partial charge on any atom is 0.279 e. The van der Waals surface area contributed by atoms with E-state index >= 15 is 0 Å². The van der Waals surface area contributed by atoms with Crippen LogP contribution in [-0.4, -0.2) is 24.5 Å². The summed E-state index contributed by atoms with van der Waals surface area (Å²) in [6.45, 7) is 6.75. The summed E-state index contributed by atoms with van der Waals surface area (Å²) in [7, 11) is 0. The van der Waals surface area contributed by atoms with Crippen LogP contribution in [0.25, 0.3) is 0 Å². The van der Waals surface area contributed by atoms with Crippen molar-refractivity contribution >= 4 is 11.8 Å². The third kappa shape index (κ3) is 6.95. The molecule has 0 aromatic heterocycles. The van der Waals surface area contributed by atoms with Crippen molar-refractivity contribution in [3.8, 4) is 11.5 Å². The second kappa shape index (κ2) is 11.0. The Balaban J connectivity index is 1.82. The third-order valence-corrected chi connectivity index (χ3v) is 4.06. The van der Waals surface area contributed by atoms with Crippen molar-refractivity contribution in [2.45, 2.75) is 39.7 Å². The molecule has 6 nitrogen and oxygen atoms in total. The van der Waals surface area contributed by atoms with Crippen molar-refractivity contribution in [3.05, 3.63) is 60.2 Å². The summed E-state index contributed by atoms with van der Waals surface area (Å²) in [5, 5.41) is 0. The van der Waals surface area contributed by atoms with Gasteiger partial charge in [-0.15, -0.1) is 0 Å². The van der Waals surface area contributed by atoms with Crippen LogP contribution >= 0.6 is 0 Å². The molecule has 150 valence electrons. The van der Waals surface area contributed by atoms with E-state index in [-0.39, 0.29) is 0 Å². The van der Waals surface area contributed by atoms with E-state index in [1.807, 2.05) is 25.1 Å². The molecule has 6 heteroatoms. The molecule has 2 rings (SSSR count). The highest BCUT2D eigenvalue weighted by Crippen LogP contribution is 2.14. The molecule has 1 atom stereocenters. The molecule has 0 fully saturated rings. The molecule has 2 aromatic rings. The van der Waals surface area contributed by atoms with Gasteiger partial charge in [0.25, 0.3) is 11.8 Å². The van der Waals surface area contributed by atoms with Crippen molar-refractivity contribution in [2.24, 2.45) is 5.92 Å². The van der Waals surface area contributed by atoms with Crippen LogP contribution in [0.15, 0.2) is 54.6 Å². The summed E-state index contributed by atoms with van der Waals surface area (Å²) in [6.07, 6.45) is 0.746. The Hall–Kier alpha value is -3.02. The van der Waals surface area contributed by atoms with Gasteiger partial charge in [-0.05, 0) is 55.2 Å². The highest BCUT2D eigenvalue weighted by molar-refractivity contribution is 5.95. The molecule has 0 aliphatic heterocycles. The second-order valence-electron chi connectivity index (χ2n) is 6.83. The molecule has 0 spiro atoms. The van der Waals surface area contributed by atoms with Gasteiger partial charge in [-0.2, -0.15) is 0 Å². The molecule has 2 aromatic carbocycles. The molecule has 2 N–H and O–H groups in total. The van der Waals surface area contributed by atoms with Crippen molar-refractivity contribution in [2.75, 3.05) is 6.61 Å². The largest absolute Gasteiger partial charge is 0.494 e. The summed E-state index contributed by atoms with van der Waals surface area (Å²) in [4.78, 5) is 24.5. The number of benzene rings is 2. The van der Waals surface area contributed by atoms with Gasteiger partial charge in [-0.3, -0.25) is 20.4 Å². The van der Waals surface area contributed by atoms with Crippen LogP contribution in [0.1, 0.15) is 44.0 Å². The van der Waals surface area contributed by atoms with Gasteiger partial charge in [0.05, 0.1) is 6.61 Å². The average molecular weight is 384 g/mol. The zero-order chi connectivity index (χ0) is 20.4. The summed E-state index contributed by atoms with van der Waals surface area (Å²) in [5.41, 5.74) is 5.26. The van der Waals surface area contributed by atoms with Gasteiger partial charge < -0.3 is 9.47 Å². The Kier molecular flexibility index (Phi) is 8.34. The van der Waals surface area contributed by atoms with Crippen LogP contribution in [0.3, 0.4) is 0 Å². The topological polar surface area (TPSA) is 76.7 Å². The lowest BCUT2D eigenvalue weighted by molar-refractivity contribution is -0.128. The van der Waals surface area contributed by atoms with Gasteiger partial charge in [0, 0.05) is 5.56 Å². The maximum absolute atomic E-state index is 12.3. The number of rotatable bonds is 9. The van der Waals surface area contributed by atoms with E-state index in [9.17, 15) is 9.59 Å². The number of hydrogen-bond acceptors (Lipinski definition) is 4. The average Bonchev–Trinajstić information content (AvgIpc) is 2.71. The highest BCUT2D eigenvalue weighted by Gasteiger charge is 2.19. The maximum atomic E-state index is 12.3. The van der Waals surface area contributed by atoms with E-state index in [0.717, 1.165) is 6.42 Å². The number of carbonyl (C=O) groups excluding carboxylic acids is 2. The minimum atomic E-state index is -0.695. The van der Waals surface area contributed by atoms with Gasteiger partial charge in [0.2, 0.25) is 0 Å². The first-order valence-electron chi connectivity index (χ1n) is 9.54. The predicted molar refractivity (Wildman–Crippen MR) is 108 cm³/mol. The number of hydrogen-bond donors (Lipinski definition) is 2. The summed E-state index contributed by atoms with van der Waals surface area (Å²) in [6, 6.07) is 15.9. The fourth-order valence-corrected chi connectivity index (χ4v) is 2.37. The molecule has 1 unspecified atom stereocenters. The van der Waals surface area contributed by atoms with Gasteiger partial charge in [0.15, 0.2) is 6.10 Å². The zero-order valence-corrected chi connectivity index (χ0v) is 16.6. The van der Waals surface area contributed by atoms with Gasteiger partial charge in [-0.1, -0.05) is 39.0 Å². The molecule has 28 heavy (non-hydrogen) atoms. The monoisotopic (exact) mass is 384 g/mol. The van der Waals surface area contributed by atoms with Crippen molar-refractivity contribution in [1.82, 2.24) is 10.9 Å². The van der Waals surface area contributed by atoms with Gasteiger partial charge in [0.1, 0.15) is 11.5 Å². The fraction of sp³-hybridized carbons (Fsp3) is 0.364. The Bertz CT molecular complexity index is 745. The highest BCUT2D eigenvalue weighted by atomic mass is 16.5. The SMILES string of the molecule is CCC(Oc1ccccc1)C(=O)NNC(=O)c1ccc(OCCC(C)C)cc1. The number of hydrazine groups is 1. The molecule has 0 radical (unpaired) electrons.